The van der Waals surface area contributed by atoms with Crippen LogP contribution in [0.25, 0.3) is 21.8 Å². The molecule has 0 atom stereocenters. The Labute approximate surface area is 210 Å². The van der Waals surface area contributed by atoms with Gasteiger partial charge in [0.2, 0.25) is 0 Å². The van der Waals surface area contributed by atoms with Crippen LogP contribution >= 0.6 is 0 Å². The standard InChI is InChI=1S/C28H33N5O3/c1-29-28(35)24-18-27(34)33(26-17-22(36-3)6-7-23(24)26)15-14-32-12-9-20(10-13-32)31(2)21-5-4-19-8-11-30-25(19)16-21/h4-8,11,16-18,20,30H,9-10,12-15H2,1-3H3,(H,29,35). The van der Waals surface area contributed by atoms with Crippen LogP contribution in [0.2, 0.25) is 0 Å². The van der Waals surface area contributed by atoms with E-state index in [0.717, 1.165) is 48.9 Å². The lowest BCUT2D eigenvalue weighted by Gasteiger charge is -2.38. The molecule has 0 aliphatic carbocycles. The molecule has 1 amide bonds. The number of anilines is 1. The highest BCUT2D eigenvalue weighted by molar-refractivity contribution is 6.06. The van der Waals surface area contributed by atoms with Gasteiger partial charge in [0.1, 0.15) is 5.75 Å². The fraction of sp³-hybridized carbons (Fsp3) is 0.357. The number of piperidine rings is 1. The van der Waals surface area contributed by atoms with Crippen molar-refractivity contribution in [2.24, 2.45) is 0 Å². The highest BCUT2D eigenvalue weighted by atomic mass is 16.5. The van der Waals surface area contributed by atoms with E-state index < -0.39 is 0 Å². The van der Waals surface area contributed by atoms with E-state index in [4.69, 9.17) is 4.74 Å². The van der Waals surface area contributed by atoms with E-state index >= 15 is 0 Å². The average molecular weight is 488 g/mol. The Hall–Kier alpha value is -3.78. The molecule has 0 unspecified atom stereocenters. The number of carbonyl (C=O) groups is 1. The van der Waals surface area contributed by atoms with Gasteiger partial charge in [-0.15, -0.1) is 0 Å². The third-order valence-corrected chi connectivity index (χ3v) is 7.48. The number of nitrogens with one attached hydrogen (secondary N) is 2. The van der Waals surface area contributed by atoms with Crippen molar-refractivity contribution in [2.75, 3.05) is 45.7 Å². The molecule has 0 radical (unpaired) electrons. The number of nitrogens with zero attached hydrogens (tertiary/aromatic N) is 3. The minimum absolute atomic E-state index is 0.177. The summed E-state index contributed by atoms with van der Waals surface area (Å²) < 4.78 is 7.15. The van der Waals surface area contributed by atoms with E-state index in [2.05, 4.69) is 51.4 Å². The summed E-state index contributed by atoms with van der Waals surface area (Å²) in [4.78, 5) is 33.5. The summed E-state index contributed by atoms with van der Waals surface area (Å²) in [6.07, 6.45) is 4.11. The lowest BCUT2D eigenvalue weighted by molar-refractivity contribution is 0.0964. The van der Waals surface area contributed by atoms with Gasteiger partial charge in [-0.2, -0.15) is 0 Å². The molecule has 8 nitrogen and oxygen atoms in total. The third-order valence-electron chi connectivity index (χ3n) is 7.48. The number of rotatable bonds is 7. The molecule has 1 aliphatic heterocycles. The molecule has 36 heavy (non-hydrogen) atoms. The van der Waals surface area contributed by atoms with Crippen molar-refractivity contribution >= 4 is 33.4 Å². The number of fused-ring (bicyclic) bond motifs is 2. The van der Waals surface area contributed by atoms with Crippen molar-refractivity contribution in [2.45, 2.75) is 25.4 Å². The number of hydrogen-bond donors (Lipinski definition) is 2. The molecule has 5 rings (SSSR count). The van der Waals surface area contributed by atoms with Crippen molar-refractivity contribution in [1.29, 1.82) is 0 Å². The number of pyridine rings is 1. The molecule has 0 spiro atoms. The van der Waals surface area contributed by atoms with Crippen LogP contribution in [0.15, 0.2) is 59.5 Å². The Morgan fingerprint density at radius 1 is 1.11 bits per heavy atom. The first-order valence-electron chi connectivity index (χ1n) is 12.4. The fourth-order valence-corrected chi connectivity index (χ4v) is 5.28. The fourth-order valence-electron chi connectivity index (χ4n) is 5.28. The summed E-state index contributed by atoms with van der Waals surface area (Å²) in [5, 5.41) is 4.60. The summed E-state index contributed by atoms with van der Waals surface area (Å²) in [5.41, 5.74) is 3.32. The van der Waals surface area contributed by atoms with Gasteiger partial charge in [0.05, 0.1) is 18.2 Å². The number of amides is 1. The number of aromatic amines is 1. The SMILES string of the molecule is CNC(=O)c1cc(=O)n(CCN2CCC(N(C)c3ccc4cc[nH]c4c3)CC2)c2cc(OC)ccc12. The van der Waals surface area contributed by atoms with Gasteiger partial charge >= 0.3 is 0 Å². The number of aromatic nitrogens is 2. The lowest BCUT2D eigenvalue weighted by atomic mass is 10.0. The normalized spacial score (nSPS) is 14.9. The Morgan fingerprint density at radius 3 is 2.67 bits per heavy atom. The van der Waals surface area contributed by atoms with Crippen LogP contribution < -0.4 is 20.5 Å². The molecule has 3 heterocycles. The van der Waals surface area contributed by atoms with Gasteiger partial charge in [-0.3, -0.25) is 9.59 Å². The molecule has 2 aromatic carbocycles. The average Bonchev–Trinajstić information content (AvgIpc) is 3.39. The number of carbonyl (C=O) groups excluding carboxylic acids is 1. The van der Waals surface area contributed by atoms with Gasteiger partial charge in [0.15, 0.2) is 0 Å². The molecule has 0 bridgehead atoms. The van der Waals surface area contributed by atoms with E-state index in [1.165, 1.54) is 17.1 Å². The van der Waals surface area contributed by atoms with Gasteiger partial charge < -0.3 is 29.4 Å². The van der Waals surface area contributed by atoms with Gasteiger partial charge in [-0.05, 0) is 48.6 Å². The maximum Gasteiger partial charge on any atom is 0.251 e. The topological polar surface area (TPSA) is 82.6 Å². The summed E-state index contributed by atoms with van der Waals surface area (Å²) in [6.45, 7) is 3.29. The quantitative estimate of drug-likeness (QED) is 0.417. The van der Waals surface area contributed by atoms with Crippen molar-refractivity contribution in [3.05, 3.63) is 70.6 Å². The number of H-pyrrole nitrogens is 1. The minimum Gasteiger partial charge on any atom is -0.497 e. The minimum atomic E-state index is -0.268. The molecule has 1 fully saturated rings. The lowest BCUT2D eigenvalue weighted by Crippen LogP contribution is -2.44. The van der Waals surface area contributed by atoms with E-state index in [0.29, 0.717) is 23.9 Å². The predicted octanol–water partition coefficient (Wildman–Crippen LogP) is 3.45. The number of benzene rings is 2. The number of ether oxygens (including phenoxy) is 1. The van der Waals surface area contributed by atoms with Crippen LogP contribution in [-0.2, 0) is 6.54 Å². The molecule has 1 saturated heterocycles. The van der Waals surface area contributed by atoms with Crippen molar-refractivity contribution in [3.8, 4) is 5.75 Å². The maximum atomic E-state index is 13.0. The smallest absolute Gasteiger partial charge is 0.251 e. The zero-order valence-electron chi connectivity index (χ0n) is 21.1. The van der Waals surface area contributed by atoms with Crippen LogP contribution in [0.4, 0.5) is 5.69 Å². The molecule has 188 valence electrons. The Bertz CT molecular complexity index is 1450. The second-order valence-corrected chi connectivity index (χ2v) is 9.44. The number of likely N-dealkylation sites (tertiary alicyclic amines) is 1. The number of hydrogen-bond acceptors (Lipinski definition) is 5. The van der Waals surface area contributed by atoms with Crippen LogP contribution in [0.3, 0.4) is 0 Å². The molecule has 2 aromatic heterocycles. The molecule has 8 heteroatoms. The van der Waals surface area contributed by atoms with Crippen molar-refractivity contribution < 1.29 is 9.53 Å². The van der Waals surface area contributed by atoms with Crippen LogP contribution in [0, 0.1) is 0 Å². The first-order valence-corrected chi connectivity index (χ1v) is 12.4. The Morgan fingerprint density at radius 2 is 1.92 bits per heavy atom. The maximum absolute atomic E-state index is 13.0. The van der Waals surface area contributed by atoms with Crippen LogP contribution in [-0.4, -0.2) is 67.2 Å². The van der Waals surface area contributed by atoms with E-state index in [9.17, 15) is 9.59 Å². The highest BCUT2D eigenvalue weighted by Crippen LogP contribution is 2.26. The monoisotopic (exact) mass is 487 g/mol. The summed E-state index contributed by atoms with van der Waals surface area (Å²) in [6, 6.07) is 16.1. The molecule has 2 N–H and O–H groups in total. The second-order valence-electron chi connectivity index (χ2n) is 9.44. The second kappa shape index (κ2) is 10.1. The first kappa shape index (κ1) is 23.9. The van der Waals surface area contributed by atoms with Gasteiger partial charge in [0, 0.05) is 81.2 Å². The zero-order valence-corrected chi connectivity index (χ0v) is 21.1. The van der Waals surface area contributed by atoms with Gasteiger partial charge in [-0.25, -0.2) is 0 Å². The van der Waals surface area contributed by atoms with Crippen molar-refractivity contribution in [3.63, 3.8) is 0 Å². The van der Waals surface area contributed by atoms with E-state index in [-0.39, 0.29) is 11.5 Å². The molecule has 4 aromatic rings. The number of methoxy groups -OCH3 is 1. The molecular weight excluding hydrogens is 454 g/mol. The first-order chi connectivity index (χ1) is 17.5. The van der Waals surface area contributed by atoms with Gasteiger partial charge in [-0.1, -0.05) is 6.07 Å². The van der Waals surface area contributed by atoms with Crippen LogP contribution in [0.5, 0.6) is 5.75 Å². The molecule has 1 aliphatic rings. The van der Waals surface area contributed by atoms with Crippen LogP contribution in [0.1, 0.15) is 23.2 Å². The molecule has 0 saturated carbocycles. The van der Waals surface area contributed by atoms with E-state index in [1.807, 2.05) is 24.4 Å². The Balaban J connectivity index is 1.28. The van der Waals surface area contributed by atoms with Gasteiger partial charge in [0.25, 0.3) is 11.5 Å². The molecular formula is C28H33N5O3. The summed E-state index contributed by atoms with van der Waals surface area (Å²) in [5.74, 6) is 0.391. The highest BCUT2D eigenvalue weighted by Gasteiger charge is 2.23. The van der Waals surface area contributed by atoms with Crippen molar-refractivity contribution in [1.82, 2.24) is 19.8 Å². The summed E-state index contributed by atoms with van der Waals surface area (Å²) >= 11 is 0. The summed E-state index contributed by atoms with van der Waals surface area (Å²) in [7, 11) is 5.35. The Kier molecular flexibility index (Phi) is 6.69. The predicted molar refractivity (Wildman–Crippen MR) is 144 cm³/mol. The largest absolute Gasteiger partial charge is 0.497 e. The third kappa shape index (κ3) is 4.56. The van der Waals surface area contributed by atoms with E-state index in [1.54, 1.807) is 18.7 Å². The zero-order chi connectivity index (χ0) is 25.2.